The molecule has 0 saturated heterocycles. The summed E-state index contributed by atoms with van der Waals surface area (Å²) >= 11 is 0. The zero-order valence-electron chi connectivity index (χ0n) is 10.9. The summed E-state index contributed by atoms with van der Waals surface area (Å²) in [6, 6.07) is 19.8. The van der Waals surface area contributed by atoms with Gasteiger partial charge in [0.1, 0.15) is 6.73 Å². The normalized spacial score (nSPS) is 10.6. The molecule has 0 fully saturated rings. The minimum absolute atomic E-state index is 0.326. The lowest BCUT2D eigenvalue weighted by Gasteiger charge is -2.06. The standard InChI is InChI=1S/C15H14N4O/c1-3-7-13(8-4-1)11-20-12-19-15(16-17-18-19)14-9-5-2-6-10-14/h1-10H,11-12H2. The molecule has 20 heavy (non-hydrogen) atoms. The molecule has 0 N–H and O–H groups in total. The van der Waals surface area contributed by atoms with E-state index in [1.54, 1.807) is 4.68 Å². The molecule has 0 unspecified atom stereocenters. The largest absolute Gasteiger partial charge is 0.354 e. The van der Waals surface area contributed by atoms with Gasteiger partial charge in [0.2, 0.25) is 0 Å². The Morgan fingerprint density at radius 3 is 2.35 bits per heavy atom. The molecule has 0 amide bonds. The molecule has 0 bridgehead atoms. The smallest absolute Gasteiger partial charge is 0.184 e. The highest BCUT2D eigenvalue weighted by atomic mass is 16.5. The van der Waals surface area contributed by atoms with Crippen molar-refractivity contribution < 1.29 is 4.74 Å². The van der Waals surface area contributed by atoms with Crippen LogP contribution in [0.5, 0.6) is 0 Å². The maximum atomic E-state index is 5.65. The van der Waals surface area contributed by atoms with Crippen molar-refractivity contribution in [2.45, 2.75) is 13.3 Å². The second-order valence-electron chi connectivity index (χ2n) is 4.33. The Hall–Kier alpha value is -2.53. The predicted octanol–water partition coefficient (Wildman–Crippen LogP) is 2.51. The summed E-state index contributed by atoms with van der Waals surface area (Å²) in [6.07, 6.45) is 0. The van der Waals surface area contributed by atoms with Crippen molar-refractivity contribution in [2.24, 2.45) is 0 Å². The van der Waals surface area contributed by atoms with E-state index in [0.717, 1.165) is 11.1 Å². The molecule has 5 nitrogen and oxygen atoms in total. The Bertz CT molecular complexity index is 652. The van der Waals surface area contributed by atoms with Crippen molar-refractivity contribution in [3.63, 3.8) is 0 Å². The number of benzene rings is 2. The summed E-state index contributed by atoms with van der Waals surface area (Å²) in [7, 11) is 0. The van der Waals surface area contributed by atoms with Gasteiger partial charge in [-0.3, -0.25) is 0 Å². The zero-order valence-corrected chi connectivity index (χ0v) is 10.9. The number of nitrogens with zero attached hydrogens (tertiary/aromatic N) is 4. The van der Waals surface area contributed by atoms with E-state index in [2.05, 4.69) is 15.5 Å². The minimum atomic E-state index is 0.326. The van der Waals surface area contributed by atoms with Crippen LogP contribution < -0.4 is 0 Å². The molecule has 1 heterocycles. The summed E-state index contributed by atoms with van der Waals surface area (Å²) < 4.78 is 7.30. The number of ether oxygens (including phenoxy) is 1. The van der Waals surface area contributed by atoms with Gasteiger partial charge in [-0.2, -0.15) is 4.68 Å². The molecule has 2 aromatic carbocycles. The van der Waals surface area contributed by atoms with Crippen molar-refractivity contribution in [1.82, 2.24) is 20.2 Å². The van der Waals surface area contributed by atoms with Crippen LogP contribution in [0.15, 0.2) is 60.7 Å². The summed E-state index contributed by atoms with van der Waals surface area (Å²) in [4.78, 5) is 0. The van der Waals surface area contributed by atoms with Crippen molar-refractivity contribution in [3.05, 3.63) is 66.2 Å². The maximum absolute atomic E-state index is 5.65. The molecule has 0 spiro atoms. The average Bonchev–Trinajstić information content (AvgIpc) is 2.98. The molecule has 0 aliphatic heterocycles. The Morgan fingerprint density at radius 1 is 0.900 bits per heavy atom. The monoisotopic (exact) mass is 266 g/mol. The van der Waals surface area contributed by atoms with Crippen LogP contribution in [-0.2, 0) is 18.1 Å². The number of rotatable bonds is 5. The molecule has 0 aliphatic carbocycles. The van der Waals surface area contributed by atoms with Crippen molar-refractivity contribution in [3.8, 4) is 11.4 Å². The molecular formula is C15H14N4O. The first kappa shape index (κ1) is 12.5. The van der Waals surface area contributed by atoms with Crippen LogP contribution in [0.25, 0.3) is 11.4 Å². The van der Waals surface area contributed by atoms with E-state index in [4.69, 9.17) is 4.74 Å². The lowest BCUT2D eigenvalue weighted by molar-refractivity contribution is 0.0560. The fourth-order valence-corrected chi connectivity index (χ4v) is 1.91. The highest BCUT2D eigenvalue weighted by molar-refractivity contribution is 5.53. The summed E-state index contributed by atoms with van der Waals surface area (Å²) in [5, 5.41) is 11.7. The minimum Gasteiger partial charge on any atom is -0.354 e. The van der Waals surface area contributed by atoms with Gasteiger partial charge in [-0.05, 0) is 16.0 Å². The molecule has 3 aromatic rings. The van der Waals surface area contributed by atoms with Crippen LogP contribution in [0.1, 0.15) is 5.56 Å². The van der Waals surface area contributed by atoms with Crippen molar-refractivity contribution in [2.75, 3.05) is 0 Å². The first-order chi connectivity index (χ1) is 9.93. The lowest BCUT2D eigenvalue weighted by Crippen LogP contribution is -2.06. The molecule has 0 saturated carbocycles. The van der Waals surface area contributed by atoms with Crippen LogP contribution in [0, 0.1) is 0 Å². The van der Waals surface area contributed by atoms with Crippen LogP contribution in [0.2, 0.25) is 0 Å². The third kappa shape index (κ3) is 2.89. The van der Waals surface area contributed by atoms with E-state index in [-0.39, 0.29) is 0 Å². The number of aromatic nitrogens is 4. The van der Waals surface area contributed by atoms with Gasteiger partial charge < -0.3 is 4.74 Å². The Morgan fingerprint density at radius 2 is 1.60 bits per heavy atom. The predicted molar refractivity (Wildman–Crippen MR) is 74.5 cm³/mol. The van der Waals surface area contributed by atoms with E-state index in [1.165, 1.54) is 0 Å². The number of hydrogen-bond donors (Lipinski definition) is 0. The van der Waals surface area contributed by atoms with Crippen LogP contribution in [0.4, 0.5) is 0 Å². The quantitative estimate of drug-likeness (QED) is 0.712. The highest BCUT2D eigenvalue weighted by Crippen LogP contribution is 2.14. The number of tetrazole rings is 1. The van der Waals surface area contributed by atoms with E-state index in [1.807, 2.05) is 60.7 Å². The average molecular weight is 266 g/mol. The topological polar surface area (TPSA) is 52.8 Å². The van der Waals surface area contributed by atoms with Gasteiger partial charge in [-0.15, -0.1) is 5.10 Å². The van der Waals surface area contributed by atoms with Crippen LogP contribution in [-0.4, -0.2) is 20.2 Å². The van der Waals surface area contributed by atoms with Gasteiger partial charge in [0.25, 0.3) is 0 Å². The van der Waals surface area contributed by atoms with Gasteiger partial charge in [0.05, 0.1) is 6.61 Å². The lowest BCUT2D eigenvalue weighted by atomic mass is 10.2. The molecule has 0 atom stereocenters. The van der Waals surface area contributed by atoms with E-state index in [9.17, 15) is 0 Å². The molecule has 0 aliphatic rings. The Labute approximate surface area is 116 Å². The number of hydrogen-bond acceptors (Lipinski definition) is 4. The second-order valence-corrected chi connectivity index (χ2v) is 4.33. The van der Waals surface area contributed by atoms with Gasteiger partial charge in [-0.25, -0.2) is 0 Å². The molecule has 1 aromatic heterocycles. The van der Waals surface area contributed by atoms with Gasteiger partial charge in [0.15, 0.2) is 5.82 Å². The zero-order chi connectivity index (χ0) is 13.6. The first-order valence-corrected chi connectivity index (χ1v) is 6.37. The molecular weight excluding hydrogens is 252 g/mol. The molecule has 3 rings (SSSR count). The summed E-state index contributed by atoms with van der Waals surface area (Å²) in [6.45, 7) is 0.862. The third-order valence-electron chi connectivity index (χ3n) is 2.89. The SMILES string of the molecule is c1ccc(COCn2nnnc2-c2ccccc2)cc1. The second kappa shape index (κ2) is 6.08. The van der Waals surface area contributed by atoms with E-state index >= 15 is 0 Å². The first-order valence-electron chi connectivity index (χ1n) is 6.37. The van der Waals surface area contributed by atoms with Crippen LogP contribution in [0.3, 0.4) is 0 Å². The van der Waals surface area contributed by atoms with E-state index < -0.39 is 0 Å². The summed E-state index contributed by atoms with van der Waals surface area (Å²) in [5.41, 5.74) is 2.10. The molecule has 100 valence electrons. The molecule has 5 heteroatoms. The fraction of sp³-hybridized carbons (Fsp3) is 0.133. The Balaban J connectivity index is 1.66. The van der Waals surface area contributed by atoms with Gasteiger partial charge >= 0.3 is 0 Å². The van der Waals surface area contributed by atoms with Crippen molar-refractivity contribution in [1.29, 1.82) is 0 Å². The van der Waals surface area contributed by atoms with E-state index in [0.29, 0.717) is 19.2 Å². The van der Waals surface area contributed by atoms with Gasteiger partial charge in [0, 0.05) is 5.56 Å². The molecule has 0 radical (unpaired) electrons. The van der Waals surface area contributed by atoms with Gasteiger partial charge in [-0.1, -0.05) is 60.7 Å². The van der Waals surface area contributed by atoms with Crippen molar-refractivity contribution >= 4 is 0 Å². The highest BCUT2D eigenvalue weighted by Gasteiger charge is 2.07. The Kier molecular flexibility index (Phi) is 3.80. The third-order valence-corrected chi connectivity index (χ3v) is 2.89. The fourth-order valence-electron chi connectivity index (χ4n) is 1.91. The van der Waals surface area contributed by atoms with Crippen LogP contribution >= 0.6 is 0 Å². The summed E-state index contributed by atoms with van der Waals surface area (Å²) in [5.74, 6) is 0.707. The maximum Gasteiger partial charge on any atom is 0.184 e.